The normalized spacial score (nSPS) is 13.3. The molecule has 0 unspecified atom stereocenters. The zero-order valence-corrected chi connectivity index (χ0v) is 19.9. The third kappa shape index (κ3) is 3.94. The molecule has 4 aromatic heterocycles. The van der Waals surface area contributed by atoms with Gasteiger partial charge in [0.1, 0.15) is 17.2 Å². The molecule has 0 amide bonds. The Bertz CT molecular complexity index is 1810. The third-order valence-corrected chi connectivity index (χ3v) is 6.93. The summed E-state index contributed by atoms with van der Waals surface area (Å²) in [5, 5.41) is 13.1. The molecule has 0 saturated heterocycles. The second kappa shape index (κ2) is 8.41. The highest BCUT2D eigenvalue weighted by Gasteiger charge is 2.24. The molecule has 1 aliphatic carbocycles. The van der Waals surface area contributed by atoms with Crippen LogP contribution in [0.5, 0.6) is 0 Å². The Morgan fingerprint density at radius 3 is 2.73 bits per heavy atom. The van der Waals surface area contributed by atoms with Gasteiger partial charge in [0.2, 0.25) is 0 Å². The molecule has 1 aliphatic rings. The molecule has 180 valence electrons. The highest BCUT2D eigenvalue weighted by atomic mass is 19.1. The Kier molecular flexibility index (Phi) is 4.89. The number of benzene rings is 2. The van der Waals surface area contributed by atoms with Crippen molar-refractivity contribution in [3.63, 3.8) is 0 Å². The van der Waals surface area contributed by atoms with E-state index in [1.807, 2.05) is 36.7 Å². The lowest BCUT2D eigenvalue weighted by molar-refractivity contribution is 0.628. The summed E-state index contributed by atoms with van der Waals surface area (Å²) in [6.45, 7) is 4.16. The molecule has 4 heterocycles. The summed E-state index contributed by atoms with van der Waals surface area (Å²) >= 11 is 0. The predicted molar refractivity (Wildman–Crippen MR) is 145 cm³/mol. The summed E-state index contributed by atoms with van der Waals surface area (Å²) in [4.78, 5) is 12.4. The molecule has 3 N–H and O–H groups in total. The van der Waals surface area contributed by atoms with E-state index in [9.17, 15) is 4.39 Å². The maximum absolute atomic E-state index is 13.9. The Morgan fingerprint density at radius 2 is 1.86 bits per heavy atom. The monoisotopic (exact) mass is 486 g/mol. The smallest absolute Gasteiger partial charge is 0.138 e. The molecule has 0 radical (unpaired) electrons. The van der Waals surface area contributed by atoms with Crippen LogP contribution >= 0.6 is 0 Å². The molecule has 6 aromatic rings. The summed E-state index contributed by atoms with van der Waals surface area (Å²) in [7, 11) is 0. The quantitative estimate of drug-likeness (QED) is 0.231. The van der Waals surface area contributed by atoms with Crippen LogP contribution in [0.2, 0.25) is 0 Å². The molecular formula is C30H23FN6. The lowest BCUT2D eigenvalue weighted by Crippen LogP contribution is -2.00. The van der Waals surface area contributed by atoms with Crippen LogP contribution in [0.25, 0.3) is 55.6 Å². The molecule has 2 aromatic carbocycles. The molecule has 1 saturated carbocycles. The van der Waals surface area contributed by atoms with Gasteiger partial charge in [0, 0.05) is 34.4 Å². The maximum atomic E-state index is 13.9. The first kappa shape index (κ1) is 21.5. The van der Waals surface area contributed by atoms with Gasteiger partial charge in [-0.25, -0.2) is 9.37 Å². The third-order valence-electron chi connectivity index (χ3n) is 6.93. The van der Waals surface area contributed by atoms with Crippen LogP contribution in [0, 0.1) is 11.7 Å². The van der Waals surface area contributed by atoms with Crippen molar-refractivity contribution >= 4 is 27.6 Å². The number of fused-ring (bicyclic) bond motifs is 2. The number of nitrogens with zero attached hydrogens (tertiary/aromatic N) is 3. The molecule has 7 heteroatoms. The average molecular weight is 487 g/mol. The van der Waals surface area contributed by atoms with Crippen LogP contribution in [0.1, 0.15) is 12.8 Å². The number of rotatable bonds is 6. The molecule has 0 spiro atoms. The lowest BCUT2D eigenvalue weighted by Gasteiger charge is -2.10. The fourth-order valence-corrected chi connectivity index (χ4v) is 4.85. The lowest BCUT2D eigenvalue weighted by atomic mass is 10.0. The average Bonchev–Trinajstić information content (AvgIpc) is 3.55. The summed E-state index contributed by atoms with van der Waals surface area (Å²) in [5.74, 6) is 0.301. The van der Waals surface area contributed by atoms with Crippen molar-refractivity contribution in [2.75, 3.05) is 5.32 Å². The minimum absolute atomic E-state index is 0.269. The molecule has 0 bridgehead atoms. The van der Waals surface area contributed by atoms with Crippen LogP contribution in [-0.4, -0.2) is 25.1 Å². The topological polar surface area (TPSA) is 82.3 Å². The molecule has 6 nitrogen and oxygen atoms in total. The van der Waals surface area contributed by atoms with Crippen molar-refractivity contribution in [2.24, 2.45) is 5.92 Å². The first-order chi connectivity index (χ1) is 18.1. The van der Waals surface area contributed by atoms with Crippen LogP contribution < -0.4 is 5.32 Å². The minimum Gasteiger partial charge on any atom is -0.358 e. The first-order valence-corrected chi connectivity index (χ1v) is 12.3. The fourth-order valence-electron chi connectivity index (χ4n) is 4.85. The number of aromatic nitrogens is 5. The van der Waals surface area contributed by atoms with Gasteiger partial charge < -0.3 is 10.3 Å². The van der Waals surface area contributed by atoms with Gasteiger partial charge in [-0.05, 0) is 77.9 Å². The van der Waals surface area contributed by atoms with Crippen LogP contribution in [0.15, 0.2) is 91.5 Å². The second-order valence-electron chi connectivity index (χ2n) is 9.53. The molecule has 0 aliphatic heterocycles. The van der Waals surface area contributed by atoms with Gasteiger partial charge in [-0.1, -0.05) is 24.8 Å². The number of H-pyrrole nitrogens is 2. The van der Waals surface area contributed by atoms with E-state index in [-0.39, 0.29) is 5.82 Å². The Hall–Kier alpha value is -4.78. The number of pyridine rings is 2. The van der Waals surface area contributed by atoms with Crippen molar-refractivity contribution in [1.29, 1.82) is 0 Å². The highest BCUT2D eigenvalue weighted by molar-refractivity contribution is 6.00. The molecule has 1 fully saturated rings. The number of allylic oxidation sites excluding steroid dienone is 1. The van der Waals surface area contributed by atoms with Crippen molar-refractivity contribution < 1.29 is 4.39 Å². The minimum atomic E-state index is -0.269. The molecule has 37 heavy (non-hydrogen) atoms. The molecule has 0 atom stereocenters. The standard InChI is InChI=1S/C30H23FN6/c1-17(18-5-6-18)34-23-12-21(15-32-16-23)19-7-8-27-26(13-19)29(37-36-27)28-14-25-24(9-10-33-30(25)35-28)20-3-2-4-22(31)11-20/h2-4,7-16,18,34H,1,5-6H2,(H,33,35)(H,36,37). The first-order valence-electron chi connectivity index (χ1n) is 12.3. The van der Waals surface area contributed by atoms with Crippen molar-refractivity contribution in [2.45, 2.75) is 12.8 Å². The van der Waals surface area contributed by atoms with E-state index in [2.05, 4.69) is 55.2 Å². The van der Waals surface area contributed by atoms with E-state index < -0.39 is 0 Å². The largest absolute Gasteiger partial charge is 0.358 e. The zero-order valence-electron chi connectivity index (χ0n) is 19.9. The van der Waals surface area contributed by atoms with Gasteiger partial charge in [-0.2, -0.15) is 5.10 Å². The van der Waals surface area contributed by atoms with E-state index in [4.69, 9.17) is 0 Å². The number of halogens is 1. The fraction of sp³-hybridized carbons (Fsp3) is 0.100. The van der Waals surface area contributed by atoms with Gasteiger partial charge in [-0.3, -0.25) is 10.1 Å². The van der Waals surface area contributed by atoms with E-state index in [1.54, 1.807) is 12.3 Å². The van der Waals surface area contributed by atoms with Crippen LogP contribution in [-0.2, 0) is 0 Å². The SMILES string of the molecule is C=C(Nc1cncc(-c2ccc3[nH]nc(-c4cc5c(-c6cccc(F)c6)ccnc5[nH]4)c3c2)c1)C1CC1. The van der Waals surface area contributed by atoms with E-state index in [1.165, 1.54) is 25.0 Å². The van der Waals surface area contributed by atoms with Crippen molar-refractivity contribution in [3.8, 4) is 33.6 Å². The zero-order chi connectivity index (χ0) is 24.9. The number of aromatic amines is 2. The summed E-state index contributed by atoms with van der Waals surface area (Å²) in [6.07, 6.45) is 7.82. The van der Waals surface area contributed by atoms with Gasteiger partial charge in [-0.15, -0.1) is 0 Å². The van der Waals surface area contributed by atoms with E-state index in [0.29, 0.717) is 5.92 Å². The summed E-state index contributed by atoms with van der Waals surface area (Å²) < 4.78 is 13.9. The van der Waals surface area contributed by atoms with Crippen LogP contribution in [0.3, 0.4) is 0 Å². The predicted octanol–water partition coefficient (Wildman–Crippen LogP) is 7.31. The summed E-state index contributed by atoms with van der Waals surface area (Å²) in [5.41, 5.74) is 9.04. The Labute approximate surface area is 212 Å². The summed E-state index contributed by atoms with van der Waals surface area (Å²) in [6, 6.07) is 18.8. The van der Waals surface area contributed by atoms with Crippen LogP contribution in [0.4, 0.5) is 10.1 Å². The van der Waals surface area contributed by atoms with E-state index >= 15 is 0 Å². The van der Waals surface area contributed by atoms with Crippen molar-refractivity contribution in [1.82, 2.24) is 25.1 Å². The highest BCUT2D eigenvalue weighted by Crippen LogP contribution is 2.37. The second-order valence-corrected chi connectivity index (χ2v) is 9.53. The number of hydrogen-bond acceptors (Lipinski definition) is 4. The number of nitrogens with one attached hydrogen (secondary N) is 3. The van der Waals surface area contributed by atoms with Gasteiger partial charge >= 0.3 is 0 Å². The van der Waals surface area contributed by atoms with Gasteiger partial charge in [0.05, 0.1) is 23.1 Å². The van der Waals surface area contributed by atoms with Crippen molar-refractivity contribution in [3.05, 3.63) is 97.3 Å². The number of hydrogen-bond donors (Lipinski definition) is 3. The Balaban J connectivity index is 1.28. The molecule has 7 rings (SSSR count). The maximum Gasteiger partial charge on any atom is 0.138 e. The molecular weight excluding hydrogens is 463 g/mol. The number of anilines is 1. The van der Waals surface area contributed by atoms with Gasteiger partial charge in [0.25, 0.3) is 0 Å². The Morgan fingerprint density at radius 1 is 0.946 bits per heavy atom. The van der Waals surface area contributed by atoms with Gasteiger partial charge in [0.15, 0.2) is 0 Å². The van der Waals surface area contributed by atoms with E-state index in [0.717, 1.165) is 67.0 Å².